The van der Waals surface area contributed by atoms with Gasteiger partial charge >= 0.3 is 6.18 Å². The number of carbonyl (C=O) groups excluding carboxylic acids is 1. The summed E-state index contributed by atoms with van der Waals surface area (Å²) in [5.41, 5.74) is 5.85. The maximum atomic E-state index is 14.9. The smallest absolute Gasteiger partial charge is 0.416 e. The first-order chi connectivity index (χ1) is 19.5. The summed E-state index contributed by atoms with van der Waals surface area (Å²) in [6.07, 6.45) is -1.81. The minimum Gasteiger partial charge on any atom is -0.493 e. The quantitative estimate of drug-likeness (QED) is 0.207. The number of carbonyl (C=O) groups is 1. The van der Waals surface area contributed by atoms with E-state index in [1.54, 1.807) is 19.1 Å². The van der Waals surface area contributed by atoms with E-state index in [0.29, 0.717) is 23.0 Å². The molecule has 1 amide bonds. The predicted octanol–water partition coefficient (Wildman–Crippen LogP) is 3.91. The number of hydrogen-bond acceptors (Lipinski definition) is 9. The molecule has 0 spiro atoms. The van der Waals surface area contributed by atoms with Crippen LogP contribution in [0, 0.1) is 5.82 Å². The van der Waals surface area contributed by atoms with E-state index in [-0.39, 0.29) is 59.7 Å². The highest BCUT2D eigenvalue weighted by molar-refractivity contribution is 5.81. The molecule has 1 aromatic carbocycles. The normalized spacial score (nSPS) is 12.2. The largest absolute Gasteiger partial charge is 0.493 e. The highest BCUT2D eigenvalue weighted by Gasteiger charge is 2.31. The number of ether oxygens (including phenoxy) is 2. The fraction of sp³-hybridized carbons (Fsp3) is 0.269. The summed E-state index contributed by atoms with van der Waals surface area (Å²) in [7, 11) is 2.83. The Morgan fingerprint density at radius 1 is 1.15 bits per heavy atom. The molecule has 1 atom stereocenters. The molecule has 0 saturated carbocycles. The van der Waals surface area contributed by atoms with Gasteiger partial charge in [0.1, 0.15) is 23.9 Å². The van der Waals surface area contributed by atoms with E-state index in [9.17, 15) is 22.4 Å². The zero-order chi connectivity index (χ0) is 29.7. The highest BCUT2D eigenvalue weighted by Crippen LogP contribution is 2.37. The third kappa shape index (κ3) is 6.87. The van der Waals surface area contributed by atoms with Gasteiger partial charge in [0.25, 0.3) is 0 Å². The SMILES string of the molecule is COCC(=O)N[C@@H](C)CNc1nccc(-c2[nH]c(-c3ccc(C(F)(F)F)cc3F)nc2-c2cnc(N)c(OC)c2)n1. The Morgan fingerprint density at radius 3 is 2.61 bits per heavy atom. The number of aromatic nitrogens is 5. The van der Waals surface area contributed by atoms with Gasteiger partial charge in [-0.2, -0.15) is 13.2 Å². The van der Waals surface area contributed by atoms with Crippen LogP contribution in [0.4, 0.5) is 29.3 Å². The van der Waals surface area contributed by atoms with Gasteiger partial charge in [0.2, 0.25) is 11.9 Å². The number of methoxy groups -OCH3 is 2. The van der Waals surface area contributed by atoms with Crippen molar-refractivity contribution in [3.8, 4) is 39.8 Å². The standard InChI is InChI=1S/C26H26F4N8O3/c1-13(35-20(39)12-40-2)10-34-25-32-7-6-18(36-25)22-21(14-8-19(41-3)23(31)33-11-14)37-24(38-22)16-5-4-15(9-17(16)27)26(28,29)30/h4-9,11,13H,10,12H2,1-3H3,(H2,31,33)(H,35,39)(H,37,38)(H,32,34,36)/t13-/m0/s1. The molecule has 41 heavy (non-hydrogen) atoms. The fourth-order valence-electron chi connectivity index (χ4n) is 3.85. The zero-order valence-electron chi connectivity index (χ0n) is 22.1. The van der Waals surface area contributed by atoms with Crippen LogP contribution < -0.4 is 21.1 Å². The van der Waals surface area contributed by atoms with Crippen molar-refractivity contribution in [3.63, 3.8) is 0 Å². The third-order valence-corrected chi connectivity index (χ3v) is 5.79. The lowest BCUT2D eigenvalue weighted by Crippen LogP contribution is -2.39. The number of H-pyrrole nitrogens is 1. The average Bonchev–Trinajstić information content (AvgIpc) is 3.37. The third-order valence-electron chi connectivity index (χ3n) is 5.79. The Hall–Kier alpha value is -4.79. The van der Waals surface area contributed by atoms with Crippen molar-refractivity contribution in [1.82, 2.24) is 30.2 Å². The van der Waals surface area contributed by atoms with E-state index in [1.165, 1.54) is 26.6 Å². The van der Waals surface area contributed by atoms with Crippen LogP contribution >= 0.6 is 0 Å². The summed E-state index contributed by atoms with van der Waals surface area (Å²) in [5.74, 6) is -0.843. The van der Waals surface area contributed by atoms with Gasteiger partial charge in [-0.05, 0) is 37.3 Å². The summed E-state index contributed by atoms with van der Waals surface area (Å²) in [6, 6.07) is 5.03. The molecule has 3 heterocycles. The van der Waals surface area contributed by atoms with Crippen molar-refractivity contribution >= 4 is 17.7 Å². The van der Waals surface area contributed by atoms with Crippen LogP contribution in [-0.4, -0.2) is 64.2 Å². The molecule has 4 rings (SSSR count). The molecule has 0 aliphatic heterocycles. The number of imidazole rings is 1. The number of halogens is 4. The number of anilines is 2. The van der Waals surface area contributed by atoms with E-state index in [1.807, 2.05) is 0 Å². The first-order valence-electron chi connectivity index (χ1n) is 12.1. The molecule has 0 bridgehead atoms. The number of amides is 1. The summed E-state index contributed by atoms with van der Waals surface area (Å²) < 4.78 is 64.2. The van der Waals surface area contributed by atoms with Crippen LogP contribution in [0.3, 0.4) is 0 Å². The topological polar surface area (TPSA) is 153 Å². The van der Waals surface area contributed by atoms with E-state index in [4.69, 9.17) is 15.2 Å². The highest BCUT2D eigenvalue weighted by atomic mass is 19.4. The molecule has 3 aromatic heterocycles. The van der Waals surface area contributed by atoms with Crippen molar-refractivity contribution in [2.45, 2.75) is 19.1 Å². The first-order valence-corrected chi connectivity index (χ1v) is 12.1. The summed E-state index contributed by atoms with van der Waals surface area (Å²) in [6.45, 7) is 1.99. The molecule has 216 valence electrons. The summed E-state index contributed by atoms with van der Waals surface area (Å²) in [4.78, 5) is 32.0. The number of rotatable bonds is 10. The lowest BCUT2D eigenvalue weighted by molar-refractivity contribution is -0.137. The van der Waals surface area contributed by atoms with Gasteiger partial charge in [0.05, 0.1) is 29.6 Å². The van der Waals surface area contributed by atoms with Crippen molar-refractivity contribution in [2.75, 3.05) is 38.4 Å². The molecule has 0 aliphatic rings. The number of nitrogens with zero attached hydrogens (tertiary/aromatic N) is 4. The van der Waals surface area contributed by atoms with Gasteiger partial charge in [-0.15, -0.1) is 0 Å². The second-order valence-corrected chi connectivity index (χ2v) is 8.86. The molecule has 4 aromatic rings. The van der Waals surface area contributed by atoms with Crippen LogP contribution in [0.1, 0.15) is 12.5 Å². The number of pyridine rings is 1. The van der Waals surface area contributed by atoms with Crippen molar-refractivity contribution < 1.29 is 31.8 Å². The van der Waals surface area contributed by atoms with Crippen molar-refractivity contribution in [1.29, 1.82) is 0 Å². The Kier molecular flexibility index (Phi) is 8.66. The molecule has 15 heteroatoms. The molecule has 0 unspecified atom stereocenters. The van der Waals surface area contributed by atoms with E-state index in [0.717, 1.165) is 12.1 Å². The molecule has 5 N–H and O–H groups in total. The summed E-state index contributed by atoms with van der Waals surface area (Å²) >= 11 is 0. The zero-order valence-corrected chi connectivity index (χ0v) is 22.1. The Balaban J connectivity index is 1.73. The van der Waals surface area contributed by atoms with Crippen LogP contribution in [0.2, 0.25) is 0 Å². The average molecular weight is 575 g/mol. The number of benzene rings is 1. The molecule has 0 fully saturated rings. The maximum Gasteiger partial charge on any atom is 0.416 e. The number of nitrogen functional groups attached to an aromatic ring is 1. The second-order valence-electron chi connectivity index (χ2n) is 8.86. The Morgan fingerprint density at radius 2 is 1.93 bits per heavy atom. The lowest BCUT2D eigenvalue weighted by Gasteiger charge is -2.14. The lowest BCUT2D eigenvalue weighted by atomic mass is 10.1. The molecule has 0 radical (unpaired) electrons. The molecule has 0 aliphatic carbocycles. The van der Waals surface area contributed by atoms with Gasteiger partial charge < -0.3 is 30.8 Å². The Labute approximate surface area is 231 Å². The number of nitrogens with two attached hydrogens (primary N) is 1. The second kappa shape index (κ2) is 12.2. The number of alkyl halides is 3. The van der Waals surface area contributed by atoms with E-state index in [2.05, 4.69) is 35.6 Å². The van der Waals surface area contributed by atoms with Crippen LogP contribution in [-0.2, 0) is 15.7 Å². The van der Waals surface area contributed by atoms with Crippen LogP contribution in [0.25, 0.3) is 34.0 Å². The predicted molar refractivity (Wildman–Crippen MR) is 142 cm³/mol. The van der Waals surface area contributed by atoms with Crippen LogP contribution in [0.15, 0.2) is 42.7 Å². The van der Waals surface area contributed by atoms with E-state index < -0.39 is 17.6 Å². The van der Waals surface area contributed by atoms with Gasteiger partial charge in [0, 0.05) is 37.7 Å². The van der Waals surface area contributed by atoms with Crippen molar-refractivity contribution in [3.05, 3.63) is 54.1 Å². The van der Waals surface area contributed by atoms with Gasteiger partial charge in [-0.25, -0.2) is 24.3 Å². The van der Waals surface area contributed by atoms with Crippen LogP contribution in [0.5, 0.6) is 5.75 Å². The first kappa shape index (κ1) is 29.2. The number of hydrogen-bond donors (Lipinski definition) is 4. The van der Waals surface area contributed by atoms with Gasteiger partial charge in [-0.3, -0.25) is 4.79 Å². The Bertz CT molecular complexity index is 1540. The number of nitrogens with one attached hydrogen (secondary N) is 3. The molecule has 11 nitrogen and oxygen atoms in total. The molecule has 0 saturated heterocycles. The molecular weight excluding hydrogens is 548 g/mol. The minimum atomic E-state index is -4.71. The summed E-state index contributed by atoms with van der Waals surface area (Å²) in [5, 5.41) is 5.78. The maximum absolute atomic E-state index is 14.9. The number of aromatic amines is 1. The monoisotopic (exact) mass is 574 g/mol. The van der Waals surface area contributed by atoms with Gasteiger partial charge in [0.15, 0.2) is 11.6 Å². The minimum absolute atomic E-state index is 0.0420. The van der Waals surface area contributed by atoms with E-state index >= 15 is 0 Å². The van der Waals surface area contributed by atoms with Crippen molar-refractivity contribution in [2.24, 2.45) is 0 Å². The molecular formula is C26H26F4N8O3. The van der Waals surface area contributed by atoms with Gasteiger partial charge in [-0.1, -0.05) is 0 Å². The fourth-order valence-corrected chi connectivity index (χ4v) is 3.85.